The lowest BCUT2D eigenvalue weighted by molar-refractivity contribution is -0.125. The third-order valence-electron chi connectivity index (χ3n) is 4.62. The number of rotatable bonds is 7. The quantitative estimate of drug-likeness (QED) is 0.750. The molecule has 5 heteroatoms. The Morgan fingerprint density at radius 3 is 2.31 bits per heavy atom. The predicted molar refractivity (Wildman–Crippen MR) is 99.7 cm³/mol. The van der Waals surface area contributed by atoms with Crippen LogP contribution in [-0.4, -0.2) is 32.1 Å². The van der Waals surface area contributed by atoms with Gasteiger partial charge in [0.25, 0.3) is 0 Å². The fourth-order valence-electron chi connectivity index (χ4n) is 3.11. The van der Waals surface area contributed by atoms with Crippen molar-refractivity contribution >= 4 is 5.91 Å². The Morgan fingerprint density at radius 2 is 1.65 bits per heavy atom. The van der Waals surface area contributed by atoms with Gasteiger partial charge in [0.15, 0.2) is 0 Å². The van der Waals surface area contributed by atoms with Crippen LogP contribution < -0.4 is 15.4 Å². The molecule has 2 N–H and O–H groups in total. The Balaban J connectivity index is 1.38. The van der Waals surface area contributed by atoms with Crippen LogP contribution in [0.5, 0.6) is 5.75 Å². The molecule has 0 bridgehead atoms. The SMILES string of the molecule is O=C(NCCOc1ccc(Cc2ccc(F)cc2)cc1)C1CCNCC1. The van der Waals surface area contributed by atoms with Crippen LogP contribution >= 0.6 is 0 Å². The first kappa shape index (κ1) is 18.4. The van der Waals surface area contributed by atoms with Gasteiger partial charge in [-0.2, -0.15) is 0 Å². The van der Waals surface area contributed by atoms with Crippen molar-refractivity contribution in [3.05, 3.63) is 65.5 Å². The molecular weight excluding hydrogens is 331 g/mol. The number of hydrogen-bond donors (Lipinski definition) is 2. The summed E-state index contributed by atoms with van der Waals surface area (Å²) in [5.74, 6) is 0.820. The number of carbonyl (C=O) groups is 1. The van der Waals surface area contributed by atoms with Gasteiger partial charge in [0, 0.05) is 5.92 Å². The van der Waals surface area contributed by atoms with Gasteiger partial charge in [-0.1, -0.05) is 24.3 Å². The summed E-state index contributed by atoms with van der Waals surface area (Å²) in [5, 5.41) is 6.21. The van der Waals surface area contributed by atoms with Crippen LogP contribution in [0.25, 0.3) is 0 Å². The van der Waals surface area contributed by atoms with E-state index >= 15 is 0 Å². The number of piperidine rings is 1. The molecule has 0 radical (unpaired) electrons. The van der Waals surface area contributed by atoms with Gasteiger partial charge in [0.05, 0.1) is 6.54 Å². The van der Waals surface area contributed by atoms with Gasteiger partial charge < -0.3 is 15.4 Å². The number of halogens is 1. The highest BCUT2D eigenvalue weighted by molar-refractivity contribution is 5.78. The first-order valence-electron chi connectivity index (χ1n) is 9.15. The van der Waals surface area contributed by atoms with Gasteiger partial charge in [0.2, 0.25) is 5.91 Å². The molecule has 1 fully saturated rings. The van der Waals surface area contributed by atoms with Gasteiger partial charge in [-0.05, 0) is 67.7 Å². The third-order valence-corrected chi connectivity index (χ3v) is 4.62. The van der Waals surface area contributed by atoms with Crippen molar-refractivity contribution in [3.63, 3.8) is 0 Å². The molecule has 138 valence electrons. The molecule has 1 aliphatic rings. The average Bonchev–Trinajstić information content (AvgIpc) is 2.69. The largest absolute Gasteiger partial charge is 0.492 e. The summed E-state index contributed by atoms with van der Waals surface area (Å²) < 4.78 is 18.6. The molecule has 1 aliphatic heterocycles. The van der Waals surface area contributed by atoms with Crippen molar-refractivity contribution in [2.75, 3.05) is 26.2 Å². The first-order chi connectivity index (χ1) is 12.7. The molecule has 3 rings (SSSR count). The second kappa shape index (κ2) is 9.34. The maximum absolute atomic E-state index is 12.9. The standard InChI is InChI=1S/C21H25FN2O2/c22-19-5-1-16(2-6-19)15-17-3-7-20(8-4-17)26-14-13-24-21(25)18-9-11-23-12-10-18/h1-8,18,23H,9-15H2,(H,24,25). The van der Waals surface area contributed by atoms with Gasteiger partial charge in [-0.3, -0.25) is 4.79 Å². The molecule has 0 aromatic heterocycles. The Bertz CT molecular complexity index is 695. The van der Waals surface area contributed by atoms with Crippen LogP contribution in [0.3, 0.4) is 0 Å². The lowest BCUT2D eigenvalue weighted by Crippen LogP contribution is -2.39. The fourth-order valence-corrected chi connectivity index (χ4v) is 3.11. The molecule has 1 saturated heterocycles. The molecule has 0 spiro atoms. The third kappa shape index (κ3) is 5.56. The molecule has 0 saturated carbocycles. The van der Waals surface area contributed by atoms with E-state index in [1.807, 2.05) is 24.3 Å². The molecule has 0 unspecified atom stereocenters. The van der Waals surface area contributed by atoms with Crippen molar-refractivity contribution in [1.82, 2.24) is 10.6 Å². The van der Waals surface area contributed by atoms with Crippen LogP contribution in [0.2, 0.25) is 0 Å². The number of hydrogen-bond acceptors (Lipinski definition) is 3. The highest BCUT2D eigenvalue weighted by atomic mass is 19.1. The van der Waals surface area contributed by atoms with Crippen molar-refractivity contribution in [3.8, 4) is 5.75 Å². The maximum Gasteiger partial charge on any atom is 0.223 e. The van der Waals surface area contributed by atoms with E-state index in [1.54, 1.807) is 12.1 Å². The minimum absolute atomic E-state index is 0.127. The van der Waals surface area contributed by atoms with E-state index in [0.29, 0.717) is 13.2 Å². The van der Waals surface area contributed by atoms with Gasteiger partial charge in [-0.25, -0.2) is 4.39 Å². The van der Waals surface area contributed by atoms with Crippen molar-refractivity contribution in [2.24, 2.45) is 5.92 Å². The number of amides is 1. The van der Waals surface area contributed by atoms with Gasteiger partial charge >= 0.3 is 0 Å². The van der Waals surface area contributed by atoms with E-state index in [9.17, 15) is 9.18 Å². The normalized spacial score (nSPS) is 14.8. The number of nitrogens with one attached hydrogen (secondary N) is 2. The number of carbonyl (C=O) groups excluding carboxylic acids is 1. The molecule has 0 aliphatic carbocycles. The lowest BCUT2D eigenvalue weighted by atomic mass is 9.97. The van der Waals surface area contributed by atoms with E-state index in [0.717, 1.165) is 49.2 Å². The van der Waals surface area contributed by atoms with E-state index in [2.05, 4.69) is 10.6 Å². The lowest BCUT2D eigenvalue weighted by Gasteiger charge is -2.21. The zero-order chi connectivity index (χ0) is 18.2. The van der Waals surface area contributed by atoms with Crippen LogP contribution in [-0.2, 0) is 11.2 Å². The Kier molecular flexibility index (Phi) is 6.61. The topological polar surface area (TPSA) is 50.4 Å². The minimum atomic E-state index is -0.218. The van der Waals surface area contributed by atoms with E-state index in [4.69, 9.17) is 4.74 Å². The molecular formula is C21H25FN2O2. The van der Waals surface area contributed by atoms with Gasteiger partial charge in [0.1, 0.15) is 18.2 Å². The maximum atomic E-state index is 12.9. The Hall–Kier alpha value is -2.40. The zero-order valence-electron chi connectivity index (χ0n) is 14.8. The monoisotopic (exact) mass is 356 g/mol. The number of benzene rings is 2. The predicted octanol–water partition coefficient (Wildman–Crippen LogP) is 2.91. The minimum Gasteiger partial charge on any atom is -0.492 e. The second-order valence-electron chi connectivity index (χ2n) is 6.61. The smallest absolute Gasteiger partial charge is 0.223 e. The second-order valence-corrected chi connectivity index (χ2v) is 6.61. The molecule has 0 atom stereocenters. The Labute approximate surface area is 153 Å². The summed E-state index contributed by atoms with van der Waals surface area (Å²) in [6.07, 6.45) is 2.57. The van der Waals surface area contributed by atoms with Crippen molar-refractivity contribution < 1.29 is 13.9 Å². The van der Waals surface area contributed by atoms with Crippen LogP contribution in [0.15, 0.2) is 48.5 Å². The van der Waals surface area contributed by atoms with E-state index in [1.165, 1.54) is 12.1 Å². The number of ether oxygens (including phenoxy) is 1. The molecule has 2 aromatic rings. The van der Waals surface area contributed by atoms with Crippen molar-refractivity contribution in [2.45, 2.75) is 19.3 Å². The summed E-state index contributed by atoms with van der Waals surface area (Å²) in [6.45, 7) is 2.80. The van der Waals surface area contributed by atoms with Gasteiger partial charge in [-0.15, -0.1) is 0 Å². The summed E-state index contributed by atoms with van der Waals surface area (Å²) in [4.78, 5) is 12.0. The van der Waals surface area contributed by atoms with E-state index in [-0.39, 0.29) is 17.6 Å². The summed E-state index contributed by atoms with van der Waals surface area (Å²) >= 11 is 0. The fraction of sp³-hybridized carbons (Fsp3) is 0.381. The Morgan fingerprint density at radius 1 is 1.04 bits per heavy atom. The summed E-state index contributed by atoms with van der Waals surface area (Å²) in [6, 6.07) is 14.4. The van der Waals surface area contributed by atoms with Crippen LogP contribution in [0, 0.1) is 11.7 Å². The summed E-state index contributed by atoms with van der Waals surface area (Å²) in [5.41, 5.74) is 2.21. The molecule has 4 nitrogen and oxygen atoms in total. The highest BCUT2D eigenvalue weighted by Crippen LogP contribution is 2.16. The molecule has 26 heavy (non-hydrogen) atoms. The molecule has 1 amide bonds. The summed E-state index contributed by atoms with van der Waals surface area (Å²) in [7, 11) is 0. The van der Waals surface area contributed by atoms with Crippen LogP contribution in [0.1, 0.15) is 24.0 Å². The molecule has 1 heterocycles. The zero-order valence-corrected chi connectivity index (χ0v) is 14.8. The highest BCUT2D eigenvalue weighted by Gasteiger charge is 2.20. The first-order valence-corrected chi connectivity index (χ1v) is 9.15. The molecule has 2 aromatic carbocycles. The van der Waals surface area contributed by atoms with Crippen LogP contribution in [0.4, 0.5) is 4.39 Å². The average molecular weight is 356 g/mol. The van der Waals surface area contributed by atoms with Crippen molar-refractivity contribution in [1.29, 1.82) is 0 Å². The van der Waals surface area contributed by atoms with E-state index < -0.39 is 0 Å².